The van der Waals surface area contributed by atoms with Gasteiger partial charge in [-0.2, -0.15) is 4.31 Å². The highest BCUT2D eigenvalue weighted by Crippen LogP contribution is 2.27. The van der Waals surface area contributed by atoms with Crippen LogP contribution >= 0.6 is 0 Å². The molecule has 1 saturated heterocycles. The van der Waals surface area contributed by atoms with Crippen molar-refractivity contribution in [2.45, 2.75) is 16.9 Å². The number of ether oxygens (including phenoxy) is 1. The molecule has 3 rings (SSSR count). The van der Waals surface area contributed by atoms with Gasteiger partial charge < -0.3 is 9.84 Å². The Labute approximate surface area is 142 Å². The van der Waals surface area contributed by atoms with Crippen LogP contribution in [0, 0.1) is 0 Å². The molecule has 1 aliphatic rings. The zero-order valence-corrected chi connectivity index (χ0v) is 14.2. The minimum Gasteiger partial charge on any atom is -0.393 e. The van der Waals surface area contributed by atoms with E-state index in [9.17, 15) is 13.5 Å². The second-order valence-electron chi connectivity index (χ2n) is 6.00. The van der Waals surface area contributed by atoms with Crippen molar-refractivity contribution in [3.63, 3.8) is 0 Å². The number of hydrogen-bond acceptors (Lipinski definition) is 4. The molecule has 1 heterocycles. The lowest BCUT2D eigenvalue weighted by Gasteiger charge is -2.41. The Kier molecular flexibility index (Phi) is 5.01. The molecule has 2 aromatic rings. The van der Waals surface area contributed by atoms with Gasteiger partial charge in [-0.05, 0) is 17.7 Å². The van der Waals surface area contributed by atoms with Crippen LogP contribution in [0.15, 0.2) is 65.6 Å². The van der Waals surface area contributed by atoms with Crippen LogP contribution in [-0.2, 0) is 21.2 Å². The molecule has 1 aliphatic heterocycles. The van der Waals surface area contributed by atoms with Crippen LogP contribution in [0.5, 0.6) is 0 Å². The van der Waals surface area contributed by atoms with Crippen LogP contribution in [0.25, 0.3) is 0 Å². The zero-order valence-electron chi connectivity index (χ0n) is 13.3. The van der Waals surface area contributed by atoms with Crippen molar-refractivity contribution in [3.8, 4) is 0 Å². The summed E-state index contributed by atoms with van der Waals surface area (Å²) in [7, 11) is -3.59. The summed E-state index contributed by atoms with van der Waals surface area (Å²) in [5.74, 6) is 0. The Hall–Kier alpha value is -1.73. The Morgan fingerprint density at radius 3 is 2.29 bits per heavy atom. The van der Waals surface area contributed by atoms with E-state index in [1.807, 2.05) is 30.3 Å². The van der Waals surface area contributed by atoms with E-state index in [1.54, 1.807) is 30.3 Å². The summed E-state index contributed by atoms with van der Waals surface area (Å²) in [6.45, 7) is 0.450. The quantitative estimate of drug-likeness (QED) is 0.894. The number of sulfonamides is 1. The summed E-state index contributed by atoms with van der Waals surface area (Å²) in [5, 5.41) is 9.91. The van der Waals surface area contributed by atoms with E-state index in [0.29, 0.717) is 6.42 Å². The summed E-state index contributed by atoms with van der Waals surface area (Å²) in [4.78, 5) is 0.262. The summed E-state index contributed by atoms with van der Waals surface area (Å²) in [6, 6.07) is 18.0. The predicted octanol–water partition coefficient (Wildman–Crippen LogP) is 1.68. The van der Waals surface area contributed by atoms with Gasteiger partial charge in [0.05, 0.1) is 18.1 Å². The number of aliphatic hydroxyl groups is 1. The van der Waals surface area contributed by atoms with Crippen molar-refractivity contribution in [2.24, 2.45) is 0 Å². The molecule has 0 amide bonds. The van der Waals surface area contributed by atoms with Crippen LogP contribution in [-0.4, -0.2) is 49.7 Å². The molecule has 1 fully saturated rings. The van der Waals surface area contributed by atoms with Crippen LogP contribution in [0.1, 0.15) is 5.56 Å². The highest BCUT2D eigenvalue weighted by Gasteiger charge is 2.41. The van der Waals surface area contributed by atoms with Crippen LogP contribution < -0.4 is 0 Å². The lowest BCUT2D eigenvalue weighted by molar-refractivity contribution is -0.115. The number of nitrogens with zero attached hydrogens (tertiary/aromatic N) is 1. The highest BCUT2D eigenvalue weighted by atomic mass is 32.2. The first-order chi connectivity index (χ1) is 11.6. The van der Waals surface area contributed by atoms with Crippen molar-refractivity contribution in [1.29, 1.82) is 0 Å². The fourth-order valence-electron chi connectivity index (χ4n) is 2.98. The van der Waals surface area contributed by atoms with E-state index in [-0.39, 0.29) is 31.2 Å². The van der Waals surface area contributed by atoms with Gasteiger partial charge in [-0.3, -0.25) is 0 Å². The molecule has 128 valence electrons. The Morgan fingerprint density at radius 1 is 1.04 bits per heavy atom. The van der Waals surface area contributed by atoms with Crippen molar-refractivity contribution in [2.75, 3.05) is 26.3 Å². The summed E-state index contributed by atoms with van der Waals surface area (Å²) >= 11 is 0. The van der Waals surface area contributed by atoms with Crippen molar-refractivity contribution in [3.05, 3.63) is 66.2 Å². The third kappa shape index (κ3) is 3.52. The standard InChI is InChI=1S/C18H21NO4S/c20-15-18(13-16-7-3-1-4-8-16)14-19(11-12-23-18)24(21,22)17-9-5-2-6-10-17/h1-10,20H,11-15H2/t18-/m0/s1. The predicted molar refractivity (Wildman–Crippen MR) is 91.1 cm³/mol. The monoisotopic (exact) mass is 347 g/mol. The van der Waals surface area contributed by atoms with Crippen LogP contribution in [0.3, 0.4) is 0 Å². The summed E-state index contributed by atoms with van der Waals surface area (Å²) in [6.07, 6.45) is 0.463. The maximum Gasteiger partial charge on any atom is 0.243 e. The molecule has 0 saturated carbocycles. The van der Waals surface area contributed by atoms with E-state index >= 15 is 0 Å². The van der Waals surface area contributed by atoms with E-state index < -0.39 is 15.6 Å². The van der Waals surface area contributed by atoms with Gasteiger partial charge >= 0.3 is 0 Å². The van der Waals surface area contributed by atoms with E-state index in [2.05, 4.69) is 0 Å². The molecule has 6 heteroatoms. The fourth-order valence-corrected chi connectivity index (χ4v) is 4.50. The molecule has 1 atom stereocenters. The van der Waals surface area contributed by atoms with E-state index in [0.717, 1.165) is 5.56 Å². The second kappa shape index (κ2) is 7.03. The molecule has 0 spiro atoms. The van der Waals surface area contributed by atoms with Gasteiger partial charge in [0, 0.05) is 19.5 Å². The topological polar surface area (TPSA) is 66.8 Å². The highest BCUT2D eigenvalue weighted by molar-refractivity contribution is 7.89. The first-order valence-electron chi connectivity index (χ1n) is 7.90. The molecule has 5 nitrogen and oxygen atoms in total. The molecule has 0 bridgehead atoms. The van der Waals surface area contributed by atoms with Gasteiger partial charge in [0.2, 0.25) is 10.0 Å². The second-order valence-corrected chi connectivity index (χ2v) is 7.94. The minimum atomic E-state index is -3.59. The van der Waals surface area contributed by atoms with Crippen LogP contribution in [0.4, 0.5) is 0 Å². The number of rotatable bonds is 5. The number of hydrogen-bond donors (Lipinski definition) is 1. The van der Waals surface area contributed by atoms with Crippen molar-refractivity contribution < 1.29 is 18.3 Å². The molecule has 24 heavy (non-hydrogen) atoms. The Morgan fingerprint density at radius 2 is 1.67 bits per heavy atom. The maximum atomic E-state index is 12.8. The molecular weight excluding hydrogens is 326 g/mol. The largest absolute Gasteiger partial charge is 0.393 e. The molecule has 0 unspecified atom stereocenters. The fraction of sp³-hybridized carbons (Fsp3) is 0.333. The van der Waals surface area contributed by atoms with Gasteiger partial charge in [-0.25, -0.2) is 8.42 Å². The SMILES string of the molecule is O=S(=O)(c1ccccc1)N1CCO[C@@](CO)(Cc2ccccc2)C1. The smallest absolute Gasteiger partial charge is 0.243 e. The van der Waals surface area contributed by atoms with E-state index in [4.69, 9.17) is 4.74 Å². The average Bonchev–Trinajstić information content (AvgIpc) is 2.63. The van der Waals surface area contributed by atoms with Crippen molar-refractivity contribution in [1.82, 2.24) is 4.31 Å². The summed E-state index contributed by atoms with van der Waals surface area (Å²) < 4.78 is 32.9. The van der Waals surface area contributed by atoms with Gasteiger partial charge in [-0.15, -0.1) is 0 Å². The minimum absolute atomic E-state index is 0.135. The van der Waals surface area contributed by atoms with Gasteiger partial charge in [0.1, 0.15) is 5.60 Å². The van der Waals surface area contributed by atoms with Crippen molar-refractivity contribution >= 4 is 10.0 Å². The molecule has 0 aliphatic carbocycles. The van der Waals surface area contributed by atoms with Gasteiger partial charge in [0.25, 0.3) is 0 Å². The molecule has 0 aromatic heterocycles. The third-order valence-corrected chi connectivity index (χ3v) is 6.11. The summed E-state index contributed by atoms with van der Waals surface area (Å²) in [5.41, 5.74) is 0.0899. The maximum absolute atomic E-state index is 12.8. The molecular formula is C18H21NO4S. The first-order valence-corrected chi connectivity index (χ1v) is 9.34. The van der Waals surface area contributed by atoms with Crippen LogP contribution in [0.2, 0.25) is 0 Å². The zero-order chi connectivity index (χ0) is 17.0. The van der Waals surface area contributed by atoms with E-state index in [1.165, 1.54) is 4.31 Å². The average molecular weight is 347 g/mol. The van der Waals surface area contributed by atoms with Gasteiger partial charge in [-0.1, -0.05) is 48.5 Å². The Balaban J connectivity index is 1.85. The van der Waals surface area contributed by atoms with Gasteiger partial charge in [0.15, 0.2) is 0 Å². The number of benzene rings is 2. The molecule has 1 N–H and O–H groups in total. The normalized spacial score (nSPS) is 22.4. The lowest BCUT2D eigenvalue weighted by Crippen LogP contribution is -2.56. The Bertz CT molecular complexity index is 764. The first kappa shape index (κ1) is 17.1. The number of morpholine rings is 1. The molecule has 2 aromatic carbocycles. The number of aliphatic hydroxyl groups excluding tert-OH is 1. The third-order valence-electron chi connectivity index (χ3n) is 4.25. The lowest BCUT2D eigenvalue weighted by atomic mass is 9.94. The molecule has 0 radical (unpaired) electrons.